The van der Waals surface area contributed by atoms with Crippen LogP contribution >= 0.6 is 11.3 Å². The fourth-order valence-electron chi connectivity index (χ4n) is 4.08. The van der Waals surface area contributed by atoms with Gasteiger partial charge in [-0.25, -0.2) is 15.0 Å². The van der Waals surface area contributed by atoms with Gasteiger partial charge in [0, 0.05) is 42.9 Å². The standard InChI is InChI=1S/C22H24N6OS/c1-13-9-14(2)11-16(10-13)25-22-24-12-15-3-4-17-19(18(15)27-22)26-20(30-17)21(29)28-7-5-23-6-8-28/h9-12,23H,3-8H2,1-2H3,(H,24,25,27). The summed E-state index contributed by atoms with van der Waals surface area (Å²) in [7, 11) is 0. The average Bonchev–Trinajstić information content (AvgIpc) is 3.18. The summed E-state index contributed by atoms with van der Waals surface area (Å²) in [6.07, 6.45) is 3.63. The van der Waals surface area contributed by atoms with Gasteiger partial charge < -0.3 is 15.5 Å². The van der Waals surface area contributed by atoms with Crippen molar-refractivity contribution < 1.29 is 4.79 Å². The quantitative estimate of drug-likeness (QED) is 0.678. The lowest BCUT2D eigenvalue weighted by Gasteiger charge is -2.26. The molecule has 3 aromatic rings. The summed E-state index contributed by atoms with van der Waals surface area (Å²) in [6.45, 7) is 7.27. The third kappa shape index (κ3) is 3.68. The number of carbonyl (C=O) groups is 1. The van der Waals surface area contributed by atoms with Crippen molar-refractivity contribution in [1.29, 1.82) is 0 Å². The Hall–Kier alpha value is -2.84. The monoisotopic (exact) mass is 420 g/mol. The Kier molecular flexibility index (Phi) is 4.96. The number of piperazine rings is 1. The zero-order chi connectivity index (χ0) is 20.7. The molecule has 1 fully saturated rings. The highest BCUT2D eigenvalue weighted by molar-refractivity contribution is 7.14. The van der Waals surface area contributed by atoms with Crippen LogP contribution in [-0.2, 0) is 12.8 Å². The SMILES string of the molecule is Cc1cc(C)cc(Nc2ncc3c(n2)-c2nc(C(=O)N4CCNCC4)sc2CC3)c1. The van der Waals surface area contributed by atoms with Crippen molar-refractivity contribution in [2.24, 2.45) is 0 Å². The summed E-state index contributed by atoms with van der Waals surface area (Å²) in [5, 5.41) is 7.17. The third-order valence-electron chi connectivity index (χ3n) is 5.47. The molecule has 1 saturated heterocycles. The Morgan fingerprint density at radius 1 is 1.07 bits per heavy atom. The normalized spacial score (nSPS) is 15.5. The lowest BCUT2D eigenvalue weighted by atomic mass is 10.00. The molecule has 5 rings (SSSR count). The van der Waals surface area contributed by atoms with Crippen LogP contribution in [0.25, 0.3) is 11.4 Å². The van der Waals surface area contributed by atoms with Crippen LogP contribution in [0.3, 0.4) is 0 Å². The molecule has 1 aliphatic heterocycles. The van der Waals surface area contributed by atoms with Gasteiger partial charge in [-0.2, -0.15) is 0 Å². The maximum Gasteiger partial charge on any atom is 0.282 e. The van der Waals surface area contributed by atoms with Gasteiger partial charge in [0.15, 0.2) is 5.01 Å². The van der Waals surface area contributed by atoms with Gasteiger partial charge in [-0.15, -0.1) is 11.3 Å². The lowest BCUT2D eigenvalue weighted by molar-refractivity contribution is 0.0735. The highest BCUT2D eigenvalue weighted by Gasteiger charge is 2.27. The maximum atomic E-state index is 12.9. The van der Waals surface area contributed by atoms with E-state index >= 15 is 0 Å². The molecule has 1 aromatic carbocycles. The van der Waals surface area contributed by atoms with Crippen molar-refractivity contribution in [3.05, 3.63) is 51.0 Å². The molecule has 0 unspecified atom stereocenters. The Balaban J connectivity index is 1.45. The molecule has 7 nitrogen and oxygen atoms in total. The van der Waals surface area contributed by atoms with Crippen LogP contribution in [0.4, 0.5) is 11.6 Å². The summed E-state index contributed by atoms with van der Waals surface area (Å²) in [6, 6.07) is 6.29. The number of thiazole rings is 1. The molecule has 8 heteroatoms. The fraction of sp³-hybridized carbons (Fsp3) is 0.364. The van der Waals surface area contributed by atoms with Gasteiger partial charge in [0.1, 0.15) is 5.69 Å². The Bertz CT molecular complexity index is 1100. The molecule has 0 radical (unpaired) electrons. The Morgan fingerprint density at radius 2 is 1.83 bits per heavy atom. The van der Waals surface area contributed by atoms with Gasteiger partial charge in [0.05, 0.1) is 5.69 Å². The molecule has 154 valence electrons. The summed E-state index contributed by atoms with van der Waals surface area (Å²) in [5.74, 6) is 0.578. The van der Waals surface area contributed by atoms with Crippen molar-refractivity contribution in [3.63, 3.8) is 0 Å². The number of rotatable bonds is 3. The van der Waals surface area contributed by atoms with Crippen LogP contribution in [0.2, 0.25) is 0 Å². The number of nitrogens with one attached hydrogen (secondary N) is 2. The molecule has 2 N–H and O–H groups in total. The van der Waals surface area contributed by atoms with Crippen molar-refractivity contribution >= 4 is 28.9 Å². The van der Waals surface area contributed by atoms with Crippen molar-refractivity contribution in [2.45, 2.75) is 26.7 Å². The van der Waals surface area contributed by atoms with Crippen molar-refractivity contribution in [1.82, 2.24) is 25.2 Å². The van der Waals surface area contributed by atoms with Crippen LogP contribution in [0, 0.1) is 13.8 Å². The summed E-state index contributed by atoms with van der Waals surface area (Å²) in [4.78, 5) is 29.9. The predicted octanol–water partition coefficient (Wildman–Crippen LogP) is 3.10. The summed E-state index contributed by atoms with van der Waals surface area (Å²) >= 11 is 1.51. The molecule has 2 aliphatic rings. The van der Waals surface area contributed by atoms with E-state index in [9.17, 15) is 4.79 Å². The number of anilines is 2. The first-order valence-corrected chi connectivity index (χ1v) is 11.1. The second kappa shape index (κ2) is 7.77. The first-order valence-electron chi connectivity index (χ1n) is 10.3. The van der Waals surface area contributed by atoms with E-state index in [2.05, 4.69) is 47.7 Å². The number of nitrogens with zero attached hydrogens (tertiary/aromatic N) is 4. The molecule has 1 amide bonds. The smallest absolute Gasteiger partial charge is 0.282 e. The van der Waals surface area contributed by atoms with E-state index < -0.39 is 0 Å². The zero-order valence-corrected chi connectivity index (χ0v) is 18.0. The van der Waals surface area contributed by atoms with Gasteiger partial charge in [-0.3, -0.25) is 4.79 Å². The van der Waals surface area contributed by atoms with Crippen LogP contribution in [0.5, 0.6) is 0 Å². The van der Waals surface area contributed by atoms with E-state index in [0.717, 1.165) is 66.5 Å². The molecule has 1 aliphatic carbocycles. The summed E-state index contributed by atoms with van der Waals surface area (Å²) < 4.78 is 0. The van der Waals surface area contributed by atoms with E-state index in [4.69, 9.17) is 9.97 Å². The fourth-order valence-corrected chi connectivity index (χ4v) is 5.11. The largest absolute Gasteiger partial charge is 0.334 e. The number of fused-ring (bicyclic) bond motifs is 3. The predicted molar refractivity (Wildman–Crippen MR) is 119 cm³/mol. The highest BCUT2D eigenvalue weighted by atomic mass is 32.1. The summed E-state index contributed by atoms with van der Waals surface area (Å²) in [5.41, 5.74) is 6.11. The van der Waals surface area contributed by atoms with E-state index in [1.807, 2.05) is 11.1 Å². The third-order valence-corrected chi connectivity index (χ3v) is 6.58. The second-order valence-corrected chi connectivity index (χ2v) is 8.99. The Morgan fingerprint density at radius 3 is 2.60 bits per heavy atom. The number of aromatic nitrogens is 3. The van der Waals surface area contributed by atoms with Crippen LogP contribution in [0.15, 0.2) is 24.4 Å². The molecular formula is C22H24N6OS. The minimum absolute atomic E-state index is 0.0279. The number of benzene rings is 1. The number of aryl methyl sites for hydroxylation is 4. The zero-order valence-electron chi connectivity index (χ0n) is 17.2. The van der Waals surface area contributed by atoms with E-state index in [0.29, 0.717) is 11.0 Å². The molecule has 0 spiro atoms. The molecule has 0 atom stereocenters. The van der Waals surface area contributed by atoms with Gasteiger partial charge in [0.25, 0.3) is 5.91 Å². The van der Waals surface area contributed by atoms with Crippen molar-refractivity contribution in [3.8, 4) is 11.4 Å². The molecular weight excluding hydrogens is 396 g/mol. The molecule has 30 heavy (non-hydrogen) atoms. The minimum atomic E-state index is 0.0279. The maximum absolute atomic E-state index is 12.9. The van der Waals surface area contributed by atoms with Gasteiger partial charge in [-0.05, 0) is 55.5 Å². The lowest BCUT2D eigenvalue weighted by Crippen LogP contribution is -2.46. The number of amides is 1. The average molecular weight is 421 g/mol. The van der Waals surface area contributed by atoms with Crippen molar-refractivity contribution in [2.75, 3.05) is 31.5 Å². The number of carbonyl (C=O) groups excluding carboxylic acids is 1. The number of hydrogen-bond acceptors (Lipinski definition) is 7. The second-order valence-electron chi connectivity index (χ2n) is 7.90. The highest BCUT2D eigenvalue weighted by Crippen LogP contribution is 2.36. The topological polar surface area (TPSA) is 83.0 Å². The molecule has 3 heterocycles. The Labute approximate surface area is 179 Å². The van der Waals surface area contributed by atoms with Crippen LogP contribution in [0.1, 0.15) is 31.4 Å². The van der Waals surface area contributed by atoms with Crippen LogP contribution in [-0.4, -0.2) is 51.9 Å². The minimum Gasteiger partial charge on any atom is -0.334 e. The molecule has 2 aromatic heterocycles. The van der Waals surface area contributed by atoms with E-state index in [1.165, 1.54) is 22.5 Å². The van der Waals surface area contributed by atoms with Crippen LogP contribution < -0.4 is 10.6 Å². The van der Waals surface area contributed by atoms with Gasteiger partial charge >= 0.3 is 0 Å². The number of hydrogen-bond donors (Lipinski definition) is 2. The van der Waals surface area contributed by atoms with Gasteiger partial charge in [-0.1, -0.05) is 6.07 Å². The van der Waals surface area contributed by atoms with E-state index in [-0.39, 0.29) is 5.91 Å². The molecule has 0 saturated carbocycles. The first-order chi connectivity index (χ1) is 14.6. The first kappa shape index (κ1) is 19.1. The molecule has 0 bridgehead atoms. The van der Waals surface area contributed by atoms with E-state index in [1.54, 1.807) is 0 Å². The van der Waals surface area contributed by atoms with Gasteiger partial charge in [0.2, 0.25) is 5.95 Å².